The summed E-state index contributed by atoms with van der Waals surface area (Å²) in [7, 11) is 1.32. The Hall–Kier alpha value is -0.810. The summed E-state index contributed by atoms with van der Waals surface area (Å²) in [5.74, 6) is -1.75. The van der Waals surface area contributed by atoms with Gasteiger partial charge in [-0.05, 0) is 24.1 Å². The molecule has 6 heteroatoms. The molecule has 0 unspecified atom stereocenters. The van der Waals surface area contributed by atoms with Crippen LogP contribution in [0.15, 0.2) is 12.1 Å². The lowest BCUT2D eigenvalue weighted by Crippen LogP contribution is -1.96. The van der Waals surface area contributed by atoms with Gasteiger partial charge in [-0.25, -0.2) is 12.8 Å². The SMILES string of the molecule is Cc1cc(CS(=O)(=O)Cl)cc(O)c1F. The molecule has 0 spiro atoms. The number of aryl methyl sites for hydroxylation is 1. The second kappa shape index (κ2) is 3.74. The molecule has 0 saturated carbocycles. The van der Waals surface area contributed by atoms with Crippen molar-refractivity contribution in [2.45, 2.75) is 12.7 Å². The van der Waals surface area contributed by atoms with Crippen LogP contribution in [0.5, 0.6) is 5.75 Å². The van der Waals surface area contributed by atoms with Crippen molar-refractivity contribution in [3.8, 4) is 5.75 Å². The third kappa shape index (κ3) is 2.85. The molecule has 1 aromatic rings. The molecule has 0 amide bonds. The van der Waals surface area contributed by atoms with E-state index in [2.05, 4.69) is 0 Å². The van der Waals surface area contributed by atoms with E-state index >= 15 is 0 Å². The fourth-order valence-corrected chi connectivity index (χ4v) is 2.05. The van der Waals surface area contributed by atoms with E-state index < -0.39 is 26.4 Å². The topological polar surface area (TPSA) is 54.4 Å². The molecule has 1 aromatic carbocycles. The minimum absolute atomic E-state index is 0.181. The average Bonchev–Trinajstić information content (AvgIpc) is 1.96. The van der Waals surface area contributed by atoms with Crippen molar-refractivity contribution in [2.75, 3.05) is 0 Å². The van der Waals surface area contributed by atoms with Crippen molar-refractivity contribution in [3.05, 3.63) is 29.1 Å². The summed E-state index contributed by atoms with van der Waals surface area (Å²) in [4.78, 5) is 0. The molecule has 0 fully saturated rings. The molecular weight excluding hydrogens is 231 g/mol. The highest BCUT2D eigenvalue weighted by molar-refractivity contribution is 8.13. The summed E-state index contributed by atoms with van der Waals surface area (Å²) in [5.41, 5.74) is 0.441. The van der Waals surface area contributed by atoms with Crippen LogP contribution in [0.25, 0.3) is 0 Å². The first-order valence-corrected chi connectivity index (χ1v) is 6.18. The third-order valence-electron chi connectivity index (χ3n) is 1.63. The molecule has 0 radical (unpaired) electrons. The molecule has 78 valence electrons. The van der Waals surface area contributed by atoms with Crippen molar-refractivity contribution in [2.24, 2.45) is 0 Å². The maximum atomic E-state index is 12.9. The highest BCUT2D eigenvalue weighted by Crippen LogP contribution is 2.22. The Labute approximate surface area is 85.6 Å². The van der Waals surface area contributed by atoms with E-state index in [1.165, 1.54) is 13.0 Å². The Morgan fingerprint density at radius 1 is 1.50 bits per heavy atom. The van der Waals surface area contributed by atoms with Crippen molar-refractivity contribution in [1.29, 1.82) is 0 Å². The number of halogens is 2. The summed E-state index contributed by atoms with van der Waals surface area (Å²) in [6.07, 6.45) is 0. The van der Waals surface area contributed by atoms with Crippen molar-refractivity contribution in [1.82, 2.24) is 0 Å². The van der Waals surface area contributed by atoms with Gasteiger partial charge in [0.05, 0.1) is 5.75 Å². The van der Waals surface area contributed by atoms with E-state index in [4.69, 9.17) is 15.8 Å². The fourth-order valence-electron chi connectivity index (χ4n) is 1.11. The van der Waals surface area contributed by atoms with Crippen LogP contribution >= 0.6 is 10.7 Å². The van der Waals surface area contributed by atoms with Gasteiger partial charge in [0, 0.05) is 10.7 Å². The number of rotatable bonds is 2. The van der Waals surface area contributed by atoms with Crippen LogP contribution in [0.2, 0.25) is 0 Å². The minimum Gasteiger partial charge on any atom is -0.505 e. The zero-order valence-electron chi connectivity index (χ0n) is 7.29. The quantitative estimate of drug-likeness (QED) is 0.801. The fraction of sp³-hybridized carbons (Fsp3) is 0.250. The number of hydrogen-bond acceptors (Lipinski definition) is 3. The van der Waals surface area contributed by atoms with Crippen molar-refractivity contribution in [3.63, 3.8) is 0 Å². The maximum absolute atomic E-state index is 12.9. The zero-order valence-corrected chi connectivity index (χ0v) is 8.86. The van der Waals surface area contributed by atoms with E-state index in [-0.39, 0.29) is 11.1 Å². The van der Waals surface area contributed by atoms with E-state index in [1.807, 2.05) is 0 Å². The molecular formula is C8H8ClFO3S. The second-order valence-electron chi connectivity index (χ2n) is 2.93. The van der Waals surface area contributed by atoms with Gasteiger partial charge in [0.25, 0.3) is 0 Å². The molecule has 0 atom stereocenters. The first-order valence-electron chi connectivity index (χ1n) is 3.70. The minimum atomic E-state index is -3.68. The predicted molar refractivity (Wildman–Crippen MR) is 51.3 cm³/mol. The summed E-state index contributed by atoms with van der Waals surface area (Å²) in [5, 5.41) is 9.06. The van der Waals surface area contributed by atoms with Gasteiger partial charge in [0.1, 0.15) is 0 Å². The first-order chi connectivity index (χ1) is 6.29. The van der Waals surface area contributed by atoms with Gasteiger partial charge < -0.3 is 5.11 Å². The van der Waals surface area contributed by atoms with Crippen LogP contribution in [-0.2, 0) is 14.8 Å². The number of benzene rings is 1. The van der Waals surface area contributed by atoms with Gasteiger partial charge in [-0.15, -0.1) is 0 Å². The molecule has 1 N–H and O–H groups in total. The molecule has 0 heterocycles. The van der Waals surface area contributed by atoms with E-state index in [0.717, 1.165) is 6.07 Å². The summed E-state index contributed by atoms with van der Waals surface area (Å²) >= 11 is 0. The highest BCUT2D eigenvalue weighted by Gasteiger charge is 2.11. The molecule has 0 aliphatic rings. The molecule has 0 bridgehead atoms. The van der Waals surface area contributed by atoms with E-state index in [0.29, 0.717) is 0 Å². The Kier molecular flexibility index (Phi) is 3.01. The van der Waals surface area contributed by atoms with E-state index in [1.54, 1.807) is 0 Å². The molecule has 0 aliphatic carbocycles. The molecule has 0 saturated heterocycles. The normalized spacial score (nSPS) is 11.6. The number of hydrogen-bond donors (Lipinski definition) is 1. The standard InChI is InChI=1S/C8H8ClFO3S/c1-5-2-6(4-14(9,12)13)3-7(11)8(5)10/h2-3,11H,4H2,1H3. The summed E-state index contributed by atoms with van der Waals surface area (Å²) < 4.78 is 34.3. The molecule has 3 nitrogen and oxygen atoms in total. The summed E-state index contributed by atoms with van der Waals surface area (Å²) in [6, 6.07) is 2.37. The lowest BCUT2D eigenvalue weighted by molar-refractivity contribution is 0.429. The Balaban J connectivity index is 3.14. The first kappa shape index (κ1) is 11.3. The van der Waals surface area contributed by atoms with Gasteiger partial charge in [-0.2, -0.15) is 0 Å². The van der Waals surface area contributed by atoms with E-state index in [9.17, 15) is 12.8 Å². The van der Waals surface area contributed by atoms with Gasteiger partial charge in [0.2, 0.25) is 9.05 Å². The molecule has 14 heavy (non-hydrogen) atoms. The lowest BCUT2D eigenvalue weighted by Gasteiger charge is -2.03. The highest BCUT2D eigenvalue weighted by atomic mass is 35.7. The van der Waals surface area contributed by atoms with Gasteiger partial charge in [-0.1, -0.05) is 6.07 Å². The van der Waals surface area contributed by atoms with Crippen LogP contribution in [0.3, 0.4) is 0 Å². The van der Waals surface area contributed by atoms with Crippen molar-refractivity contribution < 1.29 is 17.9 Å². The Morgan fingerprint density at radius 3 is 2.50 bits per heavy atom. The predicted octanol–water partition coefficient (Wildman–Crippen LogP) is 1.91. The number of phenols is 1. The monoisotopic (exact) mass is 238 g/mol. The van der Waals surface area contributed by atoms with Gasteiger partial charge >= 0.3 is 0 Å². The average molecular weight is 239 g/mol. The number of aromatic hydroxyl groups is 1. The van der Waals surface area contributed by atoms with Gasteiger partial charge in [-0.3, -0.25) is 0 Å². The largest absolute Gasteiger partial charge is 0.505 e. The lowest BCUT2D eigenvalue weighted by atomic mass is 10.1. The van der Waals surface area contributed by atoms with Crippen LogP contribution < -0.4 is 0 Å². The van der Waals surface area contributed by atoms with Crippen LogP contribution in [-0.4, -0.2) is 13.5 Å². The molecule has 1 rings (SSSR count). The third-order valence-corrected chi connectivity index (χ3v) is 2.64. The smallest absolute Gasteiger partial charge is 0.236 e. The maximum Gasteiger partial charge on any atom is 0.236 e. The Bertz CT molecular complexity index is 433. The second-order valence-corrected chi connectivity index (χ2v) is 5.71. The number of phenolic OH excluding ortho intramolecular Hbond substituents is 1. The summed E-state index contributed by atoms with van der Waals surface area (Å²) in [6.45, 7) is 1.43. The van der Waals surface area contributed by atoms with Crippen molar-refractivity contribution >= 4 is 19.7 Å². The van der Waals surface area contributed by atoms with Gasteiger partial charge in [0.15, 0.2) is 11.6 Å². The molecule has 0 aromatic heterocycles. The molecule has 0 aliphatic heterocycles. The zero-order chi connectivity index (χ0) is 10.9. The Morgan fingerprint density at radius 2 is 2.07 bits per heavy atom. The van der Waals surface area contributed by atoms with Crippen LogP contribution in [0, 0.1) is 12.7 Å². The van der Waals surface area contributed by atoms with Crippen LogP contribution in [0.4, 0.5) is 4.39 Å². The van der Waals surface area contributed by atoms with Crippen LogP contribution in [0.1, 0.15) is 11.1 Å².